The predicted molar refractivity (Wildman–Crippen MR) is 71.7 cm³/mol. The van der Waals surface area contributed by atoms with Crippen molar-refractivity contribution in [3.63, 3.8) is 0 Å². The molecule has 0 fully saturated rings. The molecule has 98 valence electrons. The van der Waals surface area contributed by atoms with Gasteiger partial charge in [0, 0.05) is 17.6 Å². The number of halogens is 2. The van der Waals surface area contributed by atoms with Crippen molar-refractivity contribution < 1.29 is 14.3 Å². The van der Waals surface area contributed by atoms with Gasteiger partial charge in [0.1, 0.15) is 5.82 Å². The Labute approximate surface area is 113 Å². The number of aliphatic hydroxyl groups is 1. The van der Waals surface area contributed by atoms with Gasteiger partial charge in [0.05, 0.1) is 17.9 Å². The van der Waals surface area contributed by atoms with E-state index in [9.17, 15) is 9.18 Å². The molecule has 0 radical (unpaired) electrons. The normalized spacial score (nSPS) is 10.2. The first-order valence-electron chi connectivity index (χ1n) is 5.26. The number of nitrogens with zero attached hydrogens (tertiary/aromatic N) is 1. The minimum atomic E-state index is -0.587. The highest BCUT2D eigenvalue weighted by Crippen LogP contribution is 2.24. The summed E-state index contributed by atoms with van der Waals surface area (Å²) in [5, 5.41) is 8.90. The van der Waals surface area contributed by atoms with Crippen LogP contribution in [-0.2, 0) is 0 Å². The van der Waals surface area contributed by atoms with Crippen LogP contribution in [-0.4, -0.2) is 35.6 Å². The summed E-state index contributed by atoms with van der Waals surface area (Å²) >= 11 is 3.12. The monoisotopic (exact) mass is 316 g/mol. The van der Waals surface area contributed by atoms with E-state index in [1.807, 2.05) is 0 Å². The van der Waals surface area contributed by atoms with Crippen molar-refractivity contribution in [3.05, 3.63) is 40.6 Å². The molecule has 0 atom stereocenters. The lowest BCUT2D eigenvalue weighted by Crippen LogP contribution is -2.34. The average molecular weight is 317 g/mol. The Morgan fingerprint density at radius 3 is 2.83 bits per heavy atom. The van der Waals surface area contributed by atoms with Crippen LogP contribution in [0.3, 0.4) is 0 Å². The summed E-state index contributed by atoms with van der Waals surface area (Å²) in [7, 11) is 0. The van der Waals surface area contributed by atoms with Crippen LogP contribution < -0.4 is 5.73 Å². The number of hydrogen-bond donors (Lipinski definition) is 2. The largest absolute Gasteiger partial charge is 0.396 e. The number of amides is 1. The highest BCUT2D eigenvalue weighted by molar-refractivity contribution is 9.10. The van der Waals surface area contributed by atoms with Gasteiger partial charge in [-0.1, -0.05) is 6.08 Å². The maximum absolute atomic E-state index is 13.2. The van der Waals surface area contributed by atoms with E-state index in [-0.39, 0.29) is 30.3 Å². The fourth-order valence-corrected chi connectivity index (χ4v) is 1.94. The molecule has 0 aliphatic heterocycles. The third-order valence-corrected chi connectivity index (χ3v) is 2.98. The van der Waals surface area contributed by atoms with Crippen molar-refractivity contribution in [1.29, 1.82) is 0 Å². The summed E-state index contributed by atoms with van der Waals surface area (Å²) in [4.78, 5) is 13.6. The van der Waals surface area contributed by atoms with E-state index in [1.54, 1.807) is 6.08 Å². The lowest BCUT2D eigenvalue weighted by atomic mass is 10.1. The summed E-state index contributed by atoms with van der Waals surface area (Å²) in [6.07, 6.45) is 1.55. The average Bonchev–Trinajstić information content (AvgIpc) is 2.33. The Bertz CT molecular complexity index is 466. The van der Waals surface area contributed by atoms with Gasteiger partial charge in [-0.05, 0) is 28.1 Å². The van der Waals surface area contributed by atoms with Gasteiger partial charge in [-0.3, -0.25) is 4.79 Å². The molecule has 0 unspecified atom stereocenters. The molecule has 1 aromatic carbocycles. The van der Waals surface area contributed by atoms with E-state index in [0.717, 1.165) is 6.07 Å². The lowest BCUT2D eigenvalue weighted by molar-refractivity contribution is 0.0742. The van der Waals surface area contributed by atoms with E-state index in [0.29, 0.717) is 11.0 Å². The van der Waals surface area contributed by atoms with Crippen molar-refractivity contribution in [2.45, 2.75) is 0 Å². The number of carbonyl (C=O) groups excluding carboxylic acids is 1. The number of anilines is 1. The van der Waals surface area contributed by atoms with Gasteiger partial charge in [-0.2, -0.15) is 0 Å². The second kappa shape index (κ2) is 6.51. The molecule has 4 nitrogen and oxygen atoms in total. The molecule has 1 aromatic rings. The third kappa shape index (κ3) is 3.30. The Kier molecular flexibility index (Phi) is 5.30. The molecule has 1 amide bonds. The van der Waals surface area contributed by atoms with Crippen LogP contribution in [0.15, 0.2) is 29.3 Å². The molecule has 3 N–H and O–H groups in total. The number of aliphatic hydroxyl groups excluding tert-OH is 1. The molecule has 0 aliphatic rings. The summed E-state index contributed by atoms with van der Waals surface area (Å²) in [6, 6.07) is 2.42. The highest BCUT2D eigenvalue weighted by Gasteiger charge is 2.18. The maximum Gasteiger partial charge on any atom is 0.255 e. The van der Waals surface area contributed by atoms with E-state index >= 15 is 0 Å². The third-order valence-electron chi connectivity index (χ3n) is 2.32. The van der Waals surface area contributed by atoms with Crippen molar-refractivity contribution in [3.8, 4) is 0 Å². The molecule has 0 aromatic heterocycles. The minimum absolute atomic E-state index is 0.0934. The first-order valence-corrected chi connectivity index (χ1v) is 6.06. The molecule has 0 heterocycles. The molecule has 0 saturated heterocycles. The van der Waals surface area contributed by atoms with Crippen LogP contribution in [0.25, 0.3) is 0 Å². The second-order valence-electron chi connectivity index (χ2n) is 3.62. The van der Waals surface area contributed by atoms with Crippen LogP contribution in [0, 0.1) is 5.82 Å². The topological polar surface area (TPSA) is 66.6 Å². The molecule has 0 spiro atoms. The summed E-state index contributed by atoms with van der Waals surface area (Å²) in [5.41, 5.74) is 5.60. The second-order valence-corrected chi connectivity index (χ2v) is 4.47. The van der Waals surface area contributed by atoms with Gasteiger partial charge < -0.3 is 15.7 Å². The number of carbonyl (C=O) groups is 1. The quantitative estimate of drug-likeness (QED) is 0.643. The molecule has 0 saturated carbocycles. The highest BCUT2D eigenvalue weighted by atomic mass is 79.9. The fourth-order valence-electron chi connectivity index (χ4n) is 1.45. The molecule has 18 heavy (non-hydrogen) atoms. The van der Waals surface area contributed by atoms with Crippen molar-refractivity contribution in [2.75, 3.05) is 25.4 Å². The van der Waals surface area contributed by atoms with Gasteiger partial charge in [0.15, 0.2) is 0 Å². The molecule has 0 bridgehead atoms. The molecular weight excluding hydrogens is 303 g/mol. The lowest BCUT2D eigenvalue weighted by Gasteiger charge is -2.20. The smallest absolute Gasteiger partial charge is 0.255 e. The number of rotatable bonds is 5. The van der Waals surface area contributed by atoms with Crippen LogP contribution in [0.4, 0.5) is 10.1 Å². The number of nitrogen functional groups attached to an aromatic ring is 1. The minimum Gasteiger partial charge on any atom is -0.396 e. The molecule has 0 aliphatic carbocycles. The molecular formula is C12H14BrFN2O2. The first-order chi connectivity index (χ1) is 8.51. The van der Waals surface area contributed by atoms with Gasteiger partial charge in [-0.15, -0.1) is 6.58 Å². The van der Waals surface area contributed by atoms with Gasteiger partial charge in [0.2, 0.25) is 0 Å². The van der Waals surface area contributed by atoms with E-state index < -0.39 is 5.82 Å². The fraction of sp³-hybridized carbons (Fsp3) is 0.250. The Morgan fingerprint density at radius 2 is 2.28 bits per heavy atom. The maximum atomic E-state index is 13.2. The molecule has 1 rings (SSSR count). The summed E-state index contributed by atoms with van der Waals surface area (Å²) in [6.45, 7) is 3.85. The van der Waals surface area contributed by atoms with Gasteiger partial charge >= 0.3 is 0 Å². The Hall–Kier alpha value is -1.40. The van der Waals surface area contributed by atoms with Crippen LogP contribution in [0.1, 0.15) is 10.4 Å². The van der Waals surface area contributed by atoms with Crippen molar-refractivity contribution >= 4 is 27.5 Å². The summed E-state index contributed by atoms with van der Waals surface area (Å²) < 4.78 is 13.5. The number of benzene rings is 1. The van der Waals surface area contributed by atoms with Crippen molar-refractivity contribution in [2.24, 2.45) is 0 Å². The zero-order valence-corrected chi connectivity index (χ0v) is 11.3. The van der Waals surface area contributed by atoms with Crippen LogP contribution in [0.2, 0.25) is 0 Å². The number of hydrogen-bond acceptors (Lipinski definition) is 3. The SMILES string of the molecule is C=CCN(CCO)C(=O)c1cc(N)c(F)cc1Br. The summed E-state index contributed by atoms with van der Waals surface area (Å²) in [5.74, 6) is -0.932. The van der Waals surface area contributed by atoms with Crippen LogP contribution >= 0.6 is 15.9 Å². The Morgan fingerprint density at radius 1 is 1.61 bits per heavy atom. The Balaban J connectivity index is 3.07. The van der Waals surface area contributed by atoms with E-state index in [1.165, 1.54) is 11.0 Å². The molecule has 6 heteroatoms. The van der Waals surface area contributed by atoms with Crippen molar-refractivity contribution in [1.82, 2.24) is 4.90 Å². The van der Waals surface area contributed by atoms with Crippen LogP contribution in [0.5, 0.6) is 0 Å². The first kappa shape index (κ1) is 14.7. The van der Waals surface area contributed by atoms with E-state index in [2.05, 4.69) is 22.5 Å². The van der Waals surface area contributed by atoms with E-state index in [4.69, 9.17) is 10.8 Å². The number of nitrogens with two attached hydrogens (primary N) is 1. The standard InChI is InChI=1S/C12H14BrFN2O2/c1-2-3-16(4-5-17)12(18)8-6-11(15)10(14)7-9(8)13/h2,6-7,17H,1,3-5,15H2. The van der Waals surface area contributed by atoms with Gasteiger partial charge in [0.25, 0.3) is 5.91 Å². The zero-order valence-electron chi connectivity index (χ0n) is 9.70. The van der Waals surface area contributed by atoms with Gasteiger partial charge in [-0.25, -0.2) is 4.39 Å². The zero-order chi connectivity index (χ0) is 13.7. The predicted octanol–water partition coefficient (Wildman–Crippen LogP) is 1.79.